The van der Waals surface area contributed by atoms with Crippen LogP contribution in [0.4, 0.5) is 5.95 Å². The molecule has 142 valence electrons. The zero-order chi connectivity index (χ0) is 19.2. The first-order valence-electron chi connectivity index (χ1n) is 9.10. The first-order chi connectivity index (χ1) is 13.2. The first-order valence-corrected chi connectivity index (χ1v) is 9.10. The number of nitrogens with one attached hydrogen (secondary N) is 1. The summed E-state index contributed by atoms with van der Waals surface area (Å²) in [6, 6.07) is 7.14. The molecular formula is C20H24N4O3. The van der Waals surface area contributed by atoms with E-state index in [2.05, 4.69) is 28.9 Å². The minimum absolute atomic E-state index is 0.299. The Morgan fingerprint density at radius 3 is 2.93 bits per heavy atom. The van der Waals surface area contributed by atoms with Gasteiger partial charge in [0.15, 0.2) is 0 Å². The van der Waals surface area contributed by atoms with Gasteiger partial charge in [0.2, 0.25) is 5.95 Å². The van der Waals surface area contributed by atoms with Crippen molar-refractivity contribution in [2.24, 2.45) is 0 Å². The summed E-state index contributed by atoms with van der Waals surface area (Å²) in [7, 11) is 0. The summed E-state index contributed by atoms with van der Waals surface area (Å²) in [6.07, 6.45) is 4.73. The van der Waals surface area contributed by atoms with Crippen LogP contribution in [0.3, 0.4) is 0 Å². The fourth-order valence-electron chi connectivity index (χ4n) is 3.18. The van der Waals surface area contributed by atoms with Crippen molar-refractivity contribution in [2.45, 2.75) is 32.7 Å². The molecule has 1 atom stereocenters. The molecule has 2 aromatic rings. The maximum Gasteiger partial charge on any atom is 0.338 e. The van der Waals surface area contributed by atoms with E-state index < -0.39 is 6.04 Å². The topological polar surface area (TPSA) is 78.3 Å². The largest absolute Gasteiger partial charge is 0.489 e. The molecule has 1 aliphatic heterocycles. The van der Waals surface area contributed by atoms with Gasteiger partial charge >= 0.3 is 5.97 Å². The molecule has 7 nitrogen and oxygen atoms in total. The van der Waals surface area contributed by atoms with Crippen LogP contribution in [0, 0.1) is 0 Å². The molecule has 1 N–H and O–H groups in total. The highest BCUT2D eigenvalue weighted by molar-refractivity contribution is 5.92. The van der Waals surface area contributed by atoms with Crippen molar-refractivity contribution in [3.8, 4) is 5.75 Å². The van der Waals surface area contributed by atoms with Crippen molar-refractivity contribution in [2.75, 3.05) is 18.5 Å². The van der Waals surface area contributed by atoms with Crippen LogP contribution in [0.5, 0.6) is 5.75 Å². The number of hydrogen-bond acceptors (Lipinski definition) is 6. The third-order valence-electron chi connectivity index (χ3n) is 4.24. The van der Waals surface area contributed by atoms with Crippen LogP contribution >= 0.6 is 0 Å². The van der Waals surface area contributed by atoms with Gasteiger partial charge in [0.1, 0.15) is 24.7 Å². The van der Waals surface area contributed by atoms with Gasteiger partial charge in [-0.05, 0) is 19.4 Å². The average Bonchev–Trinajstić information content (AvgIpc) is 3.14. The molecular weight excluding hydrogens is 344 g/mol. The summed E-state index contributed by atoms with van der Waals surface area (Å²) in [5.41, 5.74) is 2.16. The zero-order valence-corrected chi connectivity index (χ0v) is 15.6. The van der Waals surface area contributed by atoms with Crippen LogP contribution in [0.2, 0.25) is 0 Å². The smallest absolute Gasteiger partial charge is 0.338 e. The Morgan fingerprint density at radius 2 is 2.19 bits per heavy atom. The maximum absolute atomic E-state index is 12.9. The number of fused-ring (bicyclic) bond motifs is 1. The SMILES string of the molecule is C=CCOc1ccccc1[C@@H]1C(C(=O)OCC)=C(CCC)Nc2ncnn21. The molecule has 0 fully saturated rings. The predicted octanol–water partition coefficient (Wildman–Crippen LogP) is 3.48. The minimum Gasteiger partial charge on any atom is -0.489 e. The highest BCUT2D eigenvalue weighted by atomic mass is 16.5. The molecule has 1 aliphatic rings. The van der Waals surface area contributed by atoms with E-state index in [0.29, 0.717) is 36.9 Å². The summed E-state index contributed by atoms with van der Waals surface area (Å²) in [6.45, 7) is 8.23. The number of para-hydroxylation sites is 1. The molecule has 3 rings (SSSR count). The molecule has 1 aromatic carbocycles. The zero-order valence-electron chi connectivity index (χ0n) is 15.6. The molecule has 0 unspecified atom stereocenters. The second kappa shape index (κ2) is 8.53. The number of aromatic nitrogens is 3. The first kappa shape index (κ1) is 18.7. The number of allylic oxidation sites excluding steroid dienone is 1. The molecule has 0 aliphatic carbocycles. The normalized spacial score (nSPS) is 15.7. The van der Waals surface area contributed by atoms with Crippen LogP contribution in [-0.4, -0.2) is 33.9 Å². The number of benzene rings is 1. The number of anilines is 1. The number of nitrogens with zero attached hydrogens (tertiary/aromatic N) is 3. The Hall–Kier alpha value is -3.09. The van der Waals surface area contributed by atoms with Gasteiger partial charge in [-0.1, -0.05) is 44.2 Å². The Kier molecular flexibility index (Phi) is 5.90. The number of rotatable bonds is 8. The van der Waals surface area contributed by atoms with E-state index in [1.165, 1.54) is 6.33 Å². The van der Waals surface area contributed by atoms with Crippen LogP contribution in [0.25, 0.3) is 0 Å². The van der Waals surface area contributed by atoms with E-state index in [1.54, 1.807) is 17.7 Å². The number of carbonyl (C=O) groups is 1. The van der Waals surface area contributed by atoms with Crippen molar-refractivity contribution >= 4 is 11.9 Å². The molecule has 0 bridgehead atoms. The molecule has 0 amide bonds. The molecule has 2 heterocycles. The molecule has 27 heavy (non-hydrogen) atoms. The fraction of sp³-hybridized carbons (Fsp3) is 0.350. The number of carbonyl (C=O) groups excluding carboxylic acids is 1. The van der Waals surface area contributed by atoms with Gasteiger partial charge in [-0.2, -0.15) is 10.1 Å². The van der Waals surface area contributed by atoms with Gasteiger partial charge in [0, 0.05) is 11.3 Å². The second-order valence-corrected chi connectivity index (χ2v) is 6.06. The molecule has 0 saturated heterocycles. The van der Waals surface area contributed by atoms with Gasteiger partial charge in [0.25, 0.3) is 0 Å². The average molecular weight is 368 g/mol. The van der Waals surface area contributed by atoms with Crippen molar-refractivity contribution in [3.05, 3.63) is 60.1 Å². The Bertz CT molecular complexity index is 856. The lowest BCUT2D eigenvalue weighted by atomic mass is 9.93. The van der Waals surface area contributed by atoms with Crippen molar-refractivity contribution in [1.82, 2.24) is 14.8 Å². The summed E-state index contributed by atoms with van der Waals surface area (Å²) >= 11 is 0. The van der Waals surface area contributed by atoms with E-state index in [4.69, 9.17) is 9.47 Å². The maximum atomic E-state index is 12.9. The highest BCUT2D eigenvalue weighted by Crippen LogP contribution is 2.40. The summed E-state index contributed by atoms with van der Waals surface area (Å²) in [5.74, 6) is 0.900. The Morgan fingerprint density at radius 1 is 1.37 bits per heavy atom. The standard InChI is InChI=1S/C20H24N4O3/c1-4-9-15-17(19(25)26-6-3)18(24-20(23-15)21-13-22-24)14-10-7-8-11-16(14)27-12-5-2/h5,7-8,10-11,13,18H,2,4,6,9,12H2,1,3H3,(H,21,22,23)/t18-/m1/s1. The number of hydrogen-bond donors (Lipinski definition) is 1. The predicted molar refractivity (Wildman–Crippen MR) is 102 cm³/mol. The van der Waals surface area contributed by atoms with E-state index >= 15 is 0 Å². The van der Waals surface area contributed by atoms with Gasteiger partial charge < -0.3 is 14.8 Å². The van der Waals surface area contributed by atoms with Gasteiger partial charge in [0.05, 0.1) is 12.2 Å². The number of ether oxygens (including phenoxy) is 2. The monoisotopic (exact) mass is 368 g/mol. The fourth-order valence-corrected chi connectivity index (χ4v) is 3.18. The third kappa shape index (κ3) is 3.72. The van der Waals surface area contributed by atoms with Gasteiger partial charge in [-0.25, -0.2) is 9.48 Å². The quantitative estimate of drug-likeness (QED) is 0.568. The molecule has 0 spiro atoms. The third-order valence-corrected chi connectivity index (χ3v) is 4.24. The Labute approximate surface area is 158 Å². The lowest BCUT2D eigenvalue weighted by Crippen LogP contribution is -2.30. The minimum atomic E-state index is -0.481. The van der Waals surface area contributed by atoms with E-state index in [0.717, 1.165) is 17.7 Å². The van der Waals surface area contributed by atoms with E-state index in [9.17, 15) is 4.79 Å². The number of esters is 1. The summed E-state index contributed by atoms with van der Waals surface area (Å²) in [4.78, 5) is 17.2. The molecule has 1 aromatic heterocycles. The second-order valence-electron chi connectivity index (χ2n) is 6.06. The van der Waals surface area contributed by atoms with E-state index in [-0.39, 0.29) is 5.97 Å². The summed E-state index contributed by atoms with van der Waals surface area (Å²) in [5, 5.41) is 7.59. The van der Waals surface area contributed by atoms with Crippen molar-refractivity contribution < 1.29 is 14.3 Å². The molecule has 7 heteroatoms. The van der Waals surface area contributed by atoms with E-state index in [1.807, 2.05) is 24.3 Å². The van der Waals surface area contributed by atoms with Crippen molar-refractivity contribution in [3.63, 3.8) is 0 Å². The lowest BCUT2D eigenvalue weighted by Gasteiger charge is -2.30. The summed E-state index contributed by atoms with van der Waals surface area (Å²) < 4.78 is 12.9. The highest BCUT2D eigenvalue weighted by Gasteiger charge is 2.36. The van der Waals surface area contributed by atoms with Crippen LogP contribution in [0.1, 0.15) is 38.3 Å². The van der Waals surface area contributed by atoms with Gasteiger partial charge in [-0.3, -0.25) is 0 Å². The van der Waals surface area contributed by atoms with Crippen LogP contribution < -0.4 is 10.1 Å². The molecule has 0 saturated carbocycles. The van der Waals surface area contributed by atoms with Crippen molar-refractivity contribution in [1.29, 1.82) is 0 Å². The van der Waals surface area contributed by atoms with Crippen LogP contribution in [0.15, 0.2) is 54.5 Å². The Balaban J connectivity index is 2.17. The van der Waals surface area contributed by atoms with Gasteiger partial charge in [-0.15, -0.1) is 0 Å². The lowest BCUT2D eigenvalue weighted by molar-refractivity contribution is -0.139. The van der Waals surface area contributed by atoms with Crippen LogP contribution in [-0.2, 0) is 9.53 Å². The molecule has 0 radical (unpaired) electrons.